The van der Waals surface area contributed by atoms with Gasteiger partial charge in [-0.1, -0.05) is 18.2 Å². The van der Waals surface area contributed by atoms with E-state index < -0.39 is 6.29 Å². The van der Waals surface area contributed by atoms with Gasteiger partial charge in [0, 0.05) is 29.8 Å². The SMILES string of the molecule is O=C(CCC1Cc2ccccc2NC1=O)Nc1ccc2c(c1)OC(F)(F)O2. The highest BCUT2D eigenvalue weighted by Crippen LogP contribution is 2.42. The highest BCUT2D eigenvalue weighted by Gasteiger charge is 2.43. The number of carbonyl (C=O) groups excluding carboxylic acids is 2. The minimum Gasteiger partial charge on any atom is -0.395 e. The molecule has 0 bridgehead atoms. The van der Waals surface area contributed by atoms with E-state index in [1.165, 1.54) is 18.2 Å². The van der Waals surface area contributed by atoms with E-state index >= 15 is 0 Å². The maximum atomic E-state index is 13.0. The van der Waals surface area contributed by atoms with Crippen molar-refractivity contribution in [2.75, 3.05) is 10.6 Å². The van der Waals surface area contributed by atoms with Crippen LogP contribution in [0.4, 0.5) is 20.2 Å². The topological polar surface area (TPSA) is 76.7 Å². The molecule has 2 amide bonds. The van der Waals surface area contributed by atoms with Gasteiger partial charge < -0.3 is 20.1 Å². The van der Waals surface area contributed by atoms with E-state index in [9.17, 15) is 18.4 Å². The molecule has 1 unspecified atom stereocenters. The molecule has 2 aromatic rings. The van der Waals surface area contributed by atoms with Gasteiger partial charge in [0.2, 0.25) is 11.8 Å². The van der Waals surface area contributed by atoms with E-state index in [-0.39, 0.29) is 35.7 Å². The number of halogens is 2. The summed E-state index contributed by atoms with van der Waals surface area (Å²) in [5.74, 6) is -0.934. The fraction of sp³-hybridized carbons (Fsp3) is 0.263. The summed E-state index contributed by atoms with van der Waals surface area (Å²) in [4.78, 5) is 24.3. The minimum absolute atomic E-state index is 0.0875. The number of para-hydroxylation sites is 1. The molecule has 0 saturated heterocycles. The van der Waals surface area contributed by atoms with Crippen LogP contribution in [-0.2, 0) is 16.0 Å². The van der Waals surface area contributed by atoms with Crippen molar-refractivity contribution in [2.24, 2.45) is 5.92 Å². The first-order valence-electron chi connectivity index (χ1n) is 8.48. The zero-order valence-electron chi connectivity index (χ0n) is 14.1. The summed E-state index contributed by atoms with van der Waals surface area (Å²) in [5.41, 5.74) is 2.16. The van der Waals surface area contributed by atoms with Gasteiger partial charge in [-0.15, -0.1) is 8.78 Å². The van der Waals surface area contributed by atoms with Crippen molar-refractivity contribution in [3.63, 3.8) is 0 Å². The molecule has 2 aliphatic heterocycles. The highest BCUT2D eigenvalue weighted by atomic mass is 19.3. The molecule has 27 heavy (non-hydrogen) atoms. The van der Waals surface area contributed by atoms with Crippen LogP contribution in [0.1, 0.15) is 18.4 Å². The average molecular weight is 374 g/mol. The molecule has 2 heterocycles. The van der Waals surface area contributed by atoms with Crippen molar-refractivity contribution < 1.29 is 27.8 Å². The largest absolute Gasteiger partial charge is 0.586 e. The Bertz CT molecular complexity index is 916. The summed E-state index contributed by atoms with van der Waals surface area (Å²) in [6.45, 7) is 0. The quantitative estimate of drug-likeness (QED) is 0.858. The number of hydrogen-bond donors (Lipinski definition) is 2. The van der Waals surface area contributed by atoms with Crippen LogP contribution in [0.3, 0.4) is 0 Å². The van der Waals surface area contributed by atoms with Crippen LogP contribution in [0, 0.1) is 5.92 Å². The van der Waals surface area contributed by atoms with Gasteiger partial charge >= 0.3 is 6.29 Å². The zero-order chi connectivity index (χ0) is 19.0. The summed E-state index contributed by atoms with van der Waals surface area (Å²) in [6, 6.07) is 11.6. The standard InChI is InChI=1S/C19H16F2N2O4/c20-19(21)26-15-7-6-13(10-16(15)27-19)22-17(24)8-5-12-9-11-3-1-2-4-14(11)23-18(12)25/h1-4,6-7,10,12H,5,8-9H2,(H,22,24)(H,23,25). The first-order valence-corrected chi connectivity index (χ1v) is 8.48. The normalized spacial score (nSPS) is 19.2. The third kappa shape index (κ3) is 3.69. The number of fused-ring (bicyclic) bond motifs is 2. The van der Waals surface area contributed by atoms with Crippen molar-refractivity contribution >= 4 is 23.2 Å². The first-order chi connectivity index (χ1) is 12.9. The van der Waals surface area contributed by atoms with Crippen LogP contribution in [0.25, 0.3) is 0 Å². The van der Waals surface area contributed by atoms with E-state index in [0.717, 1.165) is 11.3 Å². The molecule has 1 atom stereocenters. The minimum atomic E-state index is -3.70. The summed E-state index contributed by atoms with van der Waals surface area (Å²) in [7, 11) is 0. The molecule has 0 radical (unpaired) electrons. The predicted molar refractivity (Wildman–Crippen MR) is 92.8 cm³/mol. The first kappa shape index (κ1) is 17.3. The fourth-order valence-electron chi connectivity index (χ4n) is 3.20. The highest BCUT2D eigenvalue weighted by molar-refractivity contribution is 5.96. The second-order valence-corrected chi connectivity index (χ2v) is 6.46. The third-order valence-corrected chi connectivity index (χ3v) is 4.52. The maximum Gasteiger partial charge on any atom is 0.586 e. The van der Waals surface area contributed by atoms with Crippen molar-refractivity contribution in [3.8, 4) is 11.5 Å². The van der Waals surface area contributed by atoms with Gasteiger partial charge in [0.25, 0.3) is 0 Å². The number of alkyl halides is 2. The van der Waals surface area contributed by atoms with Gasteiger partial charge in [-0.25, -0.2) is 0 Å². The lowest BCUT2D eigenvalue weighted by Gasteiger charge is -2.24. The number of nitrogens with one attached hydrogen (secondary N) is 2. The number of rotatable bonds is 4. The number of ether oxygens (including phenoxy) is 2. The van der Waals surface area contributed by atoms with E-state index in [0.29, 0.717) is 18.5 Å². The van der Waals surface area contributed by atoms with Crippen molar-refractivity contribution in [1.29, 1.82) is 0 Å². The lowest BCUT2D eigenvalue weighted by molar-refractivity contribution is -0.286. The van der Waals surface area contributed by atoms with Crippen LogP contribution in [0.15, 0.2) is 42.5 Å². The molecule has 0 aromatic heterocycles. The number of amides is 2. The Labute approximate surface area is 153 Å². The molecule has 140 valence electrons. The van der Waals surface area contributed by atoms with Crippen molar-refractivity contribution in [1.82, 2.24) is 0 Å². The Morgan fingerprint density at radius 3 is 2.81 bits per heavy atom. The lowest BCUT2D eigenvalue weighted by atomic mass is 9.89. The van der Waals surface area contributed by atoms with E-state index in [1.54, 1.807) is 0 Å². The Hall–Kier alpha value is -3.16. The van der Waals surface area contributed by atoms with Crippen molar-refractivity contribution in [2.45, 2.75) is 25.6 Å². The molecule has 2 aliphatic rings. The maximum absolute atomic E-state index is 13.0. The fourth-order valence-corrected chi connectivity index (χ4v) is 3.20. The van der Waals surface area contributed by atoms with Gasteiger partial charge in [0.05, 0.1) is 0 Å². The van der Waals surface area contributed by atoms with Crippen molar-refractivity contribution in [3.05, 3.63) is 48.0 Å². The number of carbonyl (C=O) groups is 2. The van der Waals surface area contributed by atoms with Gasteiger partial charge in [-0.2, -0.15) is 0 Å². The van der Waals surface area contributed by atoms with Crippen LogP contribution in [0.2, 0.25) is 0 Å². The predicted octanol–water partition coefficient (Wildman–Crippen LogP) is 3.54. The molecular weight excluding hydrogens is 358 g/mol. The third-order valence-electron chi connectivity index (χ3n) is 4.52. The summed E-state index contributed by atoms with van der Waals surface area (Å²) >= 11 is 0. The average Bonchev–Trinajstić information content (AvgIpc) is 2.93. The smallest absolute Gasteiger partial charge is 0.395 e. The van der Waals surface area contributed by atoms with Gasteiger partial charge in [-0.05, 0) is 36.6 Å². The molecule has 2 aromatic carbocycles. The van der Waals surface area contributed by atoms with Crippen LogP contribution in [-0.4, -0.2) is 18.1 Å². The number of hydrogen-bond acceptors (Lipinski definition) is 4. The molecule has 6 nitrogen and oxygen atoms in total. The second kappa shape index (κ2) is 6.53. The number of anilines is 2. The molecule has 0 aliphatic carbocycles. The van der Waals surface area contributed by atoms with Crippen LogP contribution < -0.4 is 20.1 Å². The van der Waals surface area contributed by atoms with Gasteiger partial charge in [0.15, 0.2) is 11.5 Å². The Morgan fingerprint density at radius 2 is 1.96 bits per heavy atom. The molecular formula is C19H16F2N2O4. The summed E-state index contributed by atoms with van der Waals surface area (Å²) in [5, 5.41) is 5.47. The molecule has 0 spiro atoms. The van der Waals surface area contributed by atoms with Crippen LogP contribution >= 0.6 is 0 Å². The van der Waals surface area contributed by atoms with Gasteiger partial charge in [-0.3, -0.25) is 9.59 Å². The second-order valence-electron chi connectivity index (χ2n) is 6.46. The zero-order valence-corrected chi connectivity index (χ0v) is 14.1. The van der Waals surface area contributed by atoms with E-state index in [4.69, 9.17) is 0 Å². The Balaban J connectivity index is 1.34. The summed E-state index contributed by atoms with van der Waals surface area (Å²) < 4.78 is 34.7. The van der Waals surface area contributed by atoms with E-state index in [2.05, 4.69) is 20.1 Å². The molecule has 2 N–H and O–H groups in total. The summed E-state index contributed by atoms with van der Waals surface area (Å²) in [6.07, 6.45) is -2.61. The lowest BCUT2D eigenvalue weighted by Crippen LogP contribution is -2.30. The van der Waals surface area contributed by atoms with Crippen LogP contribution in [0.5, 0.6) is 11.5 Å². The molecule has 4 rings (SSSR count). The van der Waals surface area contributed by atoms with Gasteiger partial charge in [0.1, 0.15) is 0 Å². The molecule has 0 saturated carbocycles. The Kier molecular flexibility index (Phi) is 4.18. The monoisotopic (exact) mass is 374 g/mol. The van der Waals surface area contributed by atoms with E-state index in [1.807, 2.05) is 24.3 Å². The number of benzene rings is 2. The molecule has 8 heteroatoms. The Morgan fingerprint density at radius 1 is 1.19 bits per heavy atom. The molecule has 0 fully saturated rings.